The fraction of sp³-hybridized carbons (Fsp3) is 0.333. The van der Waals surface area contributed by atoms with Gasteiger partial charge in [-0.2, -0.15) is 0 Å². The molecule has 2 N–H and O–H groups in total. The summed E-state index contributed by atoms with van der Waals surface area (Å²) in [5, 5.41) is 13.6. The zero-order valence-corrected chi connectivity index (χ0v) is 13.1. The molecule has 0 aliphatic rings. The Kier molecular flexibility index (Phi) is 6.09. The summed E-state index contributed by atoms with van der Waals surface area (Å²) >= 11 is 5.98. The molecule has 0 aliphatic carbocycles. The SMILES string of the molecule is C[C@H](CCc1ccc(O)cc1)NCCc1cccc(Cl)c1. The molecule has 2 aromatic carbocycles. The maximum absolute atomic E-state index is 9.26. The predicted molar refractivity (Wildman–Crippen MR) is 89.0 cm³/mol. The fourth-order valence-electron chi connectivity index (χ4n) is 2.30. The molecule has 0 saturated carbocycles. The summed E-state index contributed by atoms with van der Waals surface area (Å²) in [5.41, 5.74) is 2.53. The third-order valence-corrected chi connectivity index (χ3v) is 3.83. The lowest BCUT2D eigenvalue weighted by atomic mass is 10.1. The first-order valence-electron chi connectivity index (χ1n) is 7.39. The minimum atomic E-state index is 0.325. The van der Waals surface area contributed by atoms with E-state index in [-0.39, 0.29) is 0 Å². The highest BCUT2D eigenvalue weighted by Crippen LogP contribution is 2.12. The lowest BCUT2D eigenvalue weighted by Gasteiger charge is -2.14. The van der Waals surface area contributed by atoms with E-state index in [0.29, 0.717) is 11.8 Å². The van der Waals surface area contributed by atoms with E-state index in [9.17, 15) is 5.11 Å². The Labute approximate surface area is 131 Å². The molecule has 2 nitrogen and oxygen atoms in total. The first-order chi connectivity index (χ1) is 10.1. The second kappa shape index (κ2) is 8.06. The number of hydrogen-bond acceptors (Lipinski definition) is 2. The van der Waals surface area contributed by atoms with Gasteiger partial charge in [0.1, 0.15) is 5.75 Å². The predicted octanol–water partition coefficient (Wildman–Crippen LogP) is 4.20. The molecule has 0 aliphatic heterocycles. The van der Waals surface area contributed by atoms with Crippen LogP contribution in [0.3, 0.4) is 0 Å². The highest BCUT2D eigenvalue weighted by atomic mass is 35.5. The third-order valence-electron chi connectivity index (χ3n) is 3.60. The lowest BCUT2D eigenvalue weighted by Crippen LogP contribution is -2.28. The van der Waals surface area contributed by atoms with Gasteiger partial charge < -0.3 is 10.4 Å². The molecule has 3 heteroatoms. The van der Waals surface area contributed by atoms with Gasteiger partial charge in [-0.25, -0.2) is 0 Å². The van der Waals surface area contributed by atoms with E-state index in [0.717, 1.165) is 30.8 Å². The molecular weight excluding hydrogens is 282 g/mol. The van der Waals surface area contributed by atoms with Crippen LogP contribution in [0.1, 0.15) is 24.5 Å². The highest BCUT2D eigenvalue weighted by molar-refractivity contribution is 6.30. The topological polar surface area (TPSA) is 32.3 Å². The number of phenolic OH excluding ortho intramolecular Hbond substituents is 1. The summed E-state index contributed by atoms with van der Waals surface area (Å²) in [6, 6.07) is 15.9. The fourth-order valence-corrected chi connectivity index (χ4v) is 2.52. The van der Waals surface area contributed by atoms with E-state index >= 15 is 0 Å². The molecule has 1 atom stereocenters. The molecule has 0 spiro atoms. The Balaban J connectivity index is 1.67. The van der Waals surface area contributed by atoms with Crippen molar-refractivity contribution in [3.05, 3.63) is 64.7 Å². The molecule has 0 unspecified atom stereocenters. The van der Waals surface area contributed by atoms with Crippen molar-refractivity contribution in [2.45, 2.75) is 32.2 Å². The molecule has 2 rings (SSSR count). The number of rotatable bonds is 7. The van der Waals surface area contributed by atoms with Crippen LogP contribution in [-0.2, 0) is 12.8 Å². The number of phenols is 1. The van der Waals surface area contributed by atoms with Crippen molar-refractivity contribution in [2.24, 2.45) is 0 Å². The quantitative estimate of drug-likeness (QED) is 0.803. The van der Waals surface area contributed by atoms with Crippen molar-refractivity contribution in [2.75, 3.05) is 6.54 Å². The molecule has 112 valence electrons. The van der Waals surface area contributed by atoms with Gasteiger partial charge in [-0.05, 0) is 68.1 Å². The maximum atomic E-state index is 9.26. The van der Waals surface area contributed by atoms with E-state index in [2.05, 4.69) is 18.3 Å². The molecule has 0 radical (unpaired) electrons. The average Bonchev–Trinajstić information content (AvgIpc) is 2.47. The summed E-state index contributed by atoms with van der Waals surface area (Å²) in [6.07, 6.45) is 3.09. The monoisotopic (exact) mass is 303 g/mol. The third kappa shape index (κ3) is 5.78. The van der Waals surface area contributed by atoms with E-state index in [1.54, 1.807) is 12.1 Å². The summed E-state index contributed by atoms with van der Waals surface area (Å²) < 4.78 is 0. The molecule has 0 bridgehead atoms. The van der Waals surface area contributed by atoms with Gasteiger partial charge in [-0.3, -0.25) is 0 Å². The Morgan fingerprint density at radius 1 is 1.05 bits per heavy atom. The molecule has 0 amide bonds. The standard InChI is InChI=1S/C18H22ClNO/c1-14(5-6-15-7-9-18(21)10-8-15)20-12-11-16-3-2-4-17(19)13-16/h2-4,7-10,13-14,20-21H,5-6,11-12H2,1H3/t14-/m1/s1. The normalized spacial score (nSPS) is 12.3. The van der Waals surface area contributed by atoms with Crippen molar-refractivity contribution >= 4 is 11.6 Å². The Morgan fingerprint density at radius 2 is 1.81 bits per heavy atom. The summed E-state index contributed by atoms with van der Waals surface area (Å²) in [7, 11) is 0. The van der Waals surface area contributed by atoms with Crippen LogP contribution in [0.2, 0.25) is 5.02 Å². The zero-order valence-electron chi connectivity index (χ0n) is 12.3. The van der Waals surface area contributed by atoms with Crippen LogP contribution in [0.5, 0.6) is 5.75 Å². The van der Waals surface area contributed by atoms with Crippen LogP contribution in [0.25, 0.3) is 0 Å². The number of halogens is 1. The maximum Gasteiger partial charge on any atom is 0.115 e. The van der Waals surface area contributed by atoms with Gasteiger partial charge in [0, 0.05) is 11.1 Å². The molecule has 0 aromatic heterocycles. The Morgan fingerprint density at radius 3 is 2.52 bits per heavy atom. The smallest absolute Gasteiger partial charge is 0.115 e. The molecule has 21 heavy (non-hydrogen) atoms. The summed E-state index contributed by atoms with van der Waals surface area (Å²) in [5.74, 6) is 0.325. The largest absolute Gasteiger partial charge is 0.508 e. The second-order valence-corrected chi connectivity index (χ2v) is 5.88. The van der Waals surface area contributed by atoms with Gasteiger partial charge in [0.25, 0.3) is 0 Å². The van der Waals surface area contributed by atoms with Gasteiger partial charge in [0.2, 0.25) is 0 Å². The van der Waals surface area contributed by atoms with E-state index in [1.807, 2.05) is 30.3 Å². The van der Waals surface area contributed by atoms with E-state index < -0.39 is 0 Å². The van der Waals surface area contributed by atoms with Crippen molar-refractivity contribution in [1.82, 2.24) is 5.32 Å². The van der Waals surface area contributed by atoms with E-state index in [1.165, 1.54) is 11.1 Å². The summed E-state index contributed by atoms with van der Waals surface area (Å²) in [6.45, 7) is 3.16. The van der Waals surface area contributed by atoms with Crippen LogP contribution in [0.15, 0.2) is 48.5 Å². The minimum Gasteiger partial charge on any atom is -0.508 e. The van der Waals surface area contributed by atoms with Gasteiger partial charge in [0.15, 0.2) is 0 Å². The zero-order chi connectivity index (χ0) is 15.1. The number of aromatic hydroxyl groups is 1. The Bertz CT molecular complexity index is 553. The van der Waals surface area contributed by atoms with Crippen molar-refractivity contribution < 1.29 is 5.11 Å². The van der Waals surface area contributed by atoms with Crippen LogP contribution in [0, 0.1) is 0 Å². The van der Waals surface area contributed by atoms with Crippen LogP contribution in [0.4, 0.5) is 0 Å². The lowest BCUT2D eigenvalue weighted by molar-refractivity contribution is 0.474. The first kappa shape index (κ1) is 15.9. The summed E-state index contributed by atoms with van der Waals surface area (Å²) in [4.78, 5) is 0. The number of aryl methyl sites for hydroxylation is 1. The number of nitrogens with one attached hydrogen (secondary N) is 1. The average molecular weight is 304 g/mol. The van der Waals surface area contributed by atoms with Crippen LogP contribution in [-0.4, -0.2) is 17.7 Å². The van der Waals surface area contributed by atoms with Crippen LogP contribution >= 0.6 is 11.6 Å². The number of benzene rings is 2. The molecular formula is C18H22ClNO. The molecule has 0 fully saturated rings. The van der Waals surface area contributed by atoms with Crippen molar-refractivity contribution in [3.63, 3.8) is 0 Å². The first-order valence-corrected chi connectivity index (χ1v) is 7.77. The van der Waals surface area contributed by atoms with Gasteiger partial charge in [-0.15, -0.1) is 0 Å². The van der Waals surface area contributed by atoms with Gasteiger partial charge >= 0.3 is 0 Å². The number of hydrogen-bond donors (Lipinski definition) is 2. The molecule has 2 aromatic rings. The second-order valence-electron chi connectivity index (χ2n) is 5.44. The van der Waals surface area contributed by atoms with Crippen molar-refractivity contribution in [1.29, 1.82) is 0 Å². The van der Waals surface area contributed by atoms with Crippen molar-refractivity contribution in [3.8, 4) is 5.75 Å². The minimum absolute atomic E-state index is 0.325. The van der Waals surface area contributed by atoms with Gasteiger partial charge in [-0.1, -0.05) is 35.9 Å². The highest BCUT2D eigenvalue weighted by Gasteiger charge is 2.03. The van der Waals surface area contributed by atoms with E-state index in [4.69, 9.17) is 11.6 Å². The Hall–Kier alpha value is -1.51. The van der Waals surface area contributed by atoms with Gasteiger partial charge in [0.05, 0.1) is 0 Å². The molecule has 0 heterocycles. The molecule has 0 saturated heterocycles. The van der Waals surface area contributed by atoms with Crippen LogP contribution < -0.4 is 5.32 Å².